The van der Waals surface area contributed by atoms with Gasteiger partial charge in [0.1, 0.15) is 16.7 Å². The van der Waals surface area contributed by atoms with Crippen molar-refractivity contribution in [2.75, 3.05) is 0 Å². The Morgan fingerprint density at radius 2 is 1.56 bits per heavy atom. The quantitative estimate of drug-likeness (QED) is 0.101. The normalized spacial score (nSPS) is 12.0. The average Bonchev–Trinajstić information content (AvgIpc) is 3.29. The summed E-state index contributed by atoms with van der Waals surface area (Å²) >= 11 is 0. The second-order valence-electron chi connectivity index (χ2n) is 10.4. The average molecular weight is 727 g/mol. The second kappa shape index (κ2) is 13.0. The number of fused-ring (bicyclic) bond motifs is 4. The van der Waals surface area contributed by atoms with Crippen LogP contribution >= 0.6 is 0 Å². The van der Waals surface area contributed by atoms with Crippen LogP contribution in [0.3, 0.4) is 0 Å². The van der Waals surface area contributed by atoms with Crippen LogP contribution in [0.25, 0.3) is 54.8 Å². The second-order valence-corrected chi connectivity index (χ2v) is 10.4. The number of aromatic nitrogens is 1. The fourth-order valence-electron chi connectivity index (χ4n) is 5.50. The molecule has 0 amide bonds. The summed E-state index contributed by atoms with van der Waals surface area (Å²) in [5.74, 6) is 0.547. The molecule has 3 aromatic carbocycles. The number of ketones is 1. The molecule has 0 aliphatic carbocycles. The molecular formula is C35H36IrNO4-. The summed E-state index contributed by atoms with van der Waals surface area (Å²) in [7, 11) is 0. The third-order valence-corrected chi connectivity index (χ3v) is 7.89. The van der Waals surface area contributed by atoms with Crippen LogP contribution in [-0.4, -0.2) is 15.9 Å². The maximum atomic E-state index is 11.7. The molecule has 0 saturated carbocycles. The number of pyridine rings is 1. The van der Waals surface area contributed by atoms with Crippen LogP contribution < -0.4 is 0 Å². The van der Waals surface area contributed by atoms with E-state index in [9.17, 15) is 9.90 Å². The minimum atomic E-state index is 0. The zero-order chi connectivity index (χ0) is 28.4. The van der Waals surface area contributed by atoms with Crippen molar-refractivity contribution in [2.45, 2.75) is 60.3 Å². The Labute approximate surface area is 254 Å². The van der Waals surface area contributed by atoms with E-state index < -0.39 is 0 Å². The van der Waals surface area contributed by atoms with Gasteiger partial charge in [0.15, 0.2) is 5.78 Å². The number of rotatable bonds is 7. The van der Waals surface area contributed by atoms with Gasteiger partial charge in [0.2, 0.25) is 0 Å². The van der Waals surface area contributed by atoms with Crippen molar-refractivity contribution in [3.8, 4) is 0 Å². The van der Waals surface area contributed by atoms with Gasteiger partial charge in [-0.05, 0) is 67.1 Å². The van der Waals surface area contributed by atoms with Gasteiger partial charge in [0.25, 0.3) is 0 Å². The first kappa shape index (κ1) is 30.5. The van der Waals surface area contributed by atoms with E-state index in [1.54, 1.807) is 0 Å². The van der Waals surface area contributed by atoms with Gasteiger partial charge in [-0.1, -0.05) is 57.3 Å². The summed E-state index contributed by atoms with van der Waals surface area (Å²) in [6.45, 7) is 10.1. The molecule has 1 N–H and O–H groups in total. The van der Waals surface area contributed by atoms with E-state index in [0.29, 0.717) is 0 Å². The molecule has 6 heteroatoms. The van der Waals surface area contributed by atoms with Gasteiger partial charge in [0.05, 0.1) is 11.3 Å². The molecule has 6 rings (SSSR count). The molecule has 215 valence electrons. The van der Waals surface area contributed by atoms with Gasteiger partial charge in [-0.2, -0.15) is 0 Å². The molecule has 6 aromatic rings. The molecule has 0 unspecified atom stereocenters. The smallest absolute Gasteiger partial charge is 0.162 e. The first-order valence-corrected chi connectivity index (χ1v) is 14.3. The zero-order valence-electron chi connectivity index (χ0n) is 24.2. The van der Waals surface area contributed by atoms with Crippen molar-refractivity contribution in [1.29, 1.82) is 0 Å². The minimum absolute atomic E-state index is 0. The number of hydrogen-bond acceptors (Lipinski definition) is 5. The van der Waals surface area contributed by atoms with Gasteiger partial charge in [-0.15, -0.1) is 17.5 Å². The molecule has 3 aromatic heterocycles. The number of carbonyl (C=O) groups excluding carboxylic acids is 1. The summed E-state index contributed by atoms with van der Waals surface area (Å²) in [5.41, 5.74) is 5.12. The summed E-state index contributed by atoms with van der Waals surface area (Å²) in [6, 6.07) is 19.7. The summed E-state index contributed by atoms with van der Waals surface area (Å²) in [5, 5.41) is 14.8. The number of benzene rings is 3. The minimum Gasteiger partial charge on any atom is -0.512 e. The molecule has 5 nitrogen and oxygen atoms in total. The summed E-state index contributed by atoms with van der Waals surface area (Å²) in [4.78, 5) is 16.4. The first-order valence-electron chi connectivity index (χ1n) is 14.3. The van der Waals surface area contributed by atoms with E-state index in [4.69, 9.17) is 8.83 Å². The number of aliphatic hydroxyl groups is 1. The van der Waals surface area contributed by atoms with Crippen molar-refractivity contribution < 1.29 is 38.8 Å². The Bertz CT molecular complexity index is 1850. The van der Waals surface area contributed by atoms with Crippen LogP contribution in [-0.2, 0) is 24.9 Å². The zero-order valence-corrected chi connectivity index (χ0v) is 26.6. The van der Waals surface area contributed by atoms with E-state index in [0.717, 1.165) is 86.0 Å². The molecule has 3 heterocycles. The van der Waals surface area contributed by atoms with Crippen molar-refractivity contribution in [2.24, 2.45) is 11.8 Å². The standard InChI is InChI=1S/C22H12NO2.C13H24O2.Ir/c1-12-9-18-21(23-11-12)15-10-13-5-2-3-6-14(13)22-19(15)20-16(24-18)7-4-8-17(20)25-22;1-5-10(6-2)12(14)9-13(15)11(7-3)8-4;/h2-9,11H,1H3;9-11,14H,5-8H2,1-4H3;/q-1;;/b;12-9-;. The molecule has 1 radical (unpaired) electrons. The largest absolute Gasteiger partial charge is 0.512 e. The third-order valence-electron chi connectivity index (χ3n) is 7.89. The van der Waals surface area contributed by atoms with Gasteiger partial charge in [-0.3, -0.25) is 9.78 Å². The number of hydrogen-bond donors (Lipinski definition) is 1. The van der Waals surface area contributed by atoms with Crippen molar-refractivity contribution in [1.82, 2.24) is 4.98 Å². The maximum absolute atomic E-state index is 11.7. The molecule has 0 aliphatic heterocycles. The Morgan fingerprint density at radius 1 is 0.902 bits per heavy atom. The molecule has 0 spiro atoms. The number of furan rings is 1. The van der Waals surface area contributed by atoms with Gasteiger partial charge >= 0.3 is 0 Å². The van der Waals surface area contributed by atoms with Gasteiger partial charge < -0.3 is 13.9 Å². The van der Waals surface area contributed by atoms with E-state index >= 15 is 0 Å². The molecule has 0 fully saturated rings. The SMILES string of the molecule is CCC(CC)C(=O)/C=C(\O)C(CC)CC.Cc1cnc2c(c1)oc1cccc3oc4c5ccccc5[c-]c2c4c13.[Ir]. The van der Waals surface area contributed by atoms with Crippen LogP contribution in [0.1, 0.15) is 58.9 Å². The van der Waals surface area contributed by atoms with E-state index in [-0.39, 0.29) is 43.5 Å². The Morgan fingerprint density at radius 3 is 2.24 bits per heavy atom. The van der Waals surface area contributed by atoms with Crippen molar-refractivity contribution >= 4 is 60.6 Å². The monoisotopic (exact) mass is 727 g/mol. The fraction of sp³-hybridized carbons (Fsp3) is 0.314. The van der Waals surface area contributed by atoms with Gasteiger partial charge in [-0.25, -0.2) is 0 Å². The van der Waals surface area contributed by atoms with Crippen molar-refractivity contribution in [3.63, 3.8) is 0 Å². The van der Waals surface area contributed by atoms with Crippen molar-refractivity contribution in [3.05, 3.63) is 78.2 Å². The molecule has 0 saturated heterocycles. The molecular weight excluding hydrogens is 691 g/mol. The molecule has 0 aliphatic rings. The molecule has 0 atom stereocenters. The third kappa shape index (κ3) is 5.82. The first-order chi connectivity index (χ1) is 19.4. The van der Waals surface area contributed by atoms with E-state index in [1.165, 1.54) is 6.08 Å². The van der Waals surface area contributed by atoms with Gasteiger partial charge in [0, 0.05) is 55.1 Å². The summed E-state index contributed by atoms with van der Waals surface area (Å²) < 4.78 is 12.5. The Kier molecular flexibility index (Phi) is 9.68. The van der Waals surface area contributed by atoms with Crippen LogP contribution in [0, 0.1) is 24.8 Å². The van der Waals surface area contributed by atoms with Crippen LogP contribution in [0.2, 0.25) is 0 Å². The Balaban J connectivity index is 0.000000212. The Hall–Kier alpha value is -3.47. The fourth-order valence-corrected chi connectivity index (χ4v) is 5.50. The van der Waals surface area contributed by atoms with E-state index in [1.807, 2.05) is 77.2 Å². The predicted molar refractivity (Wildman–Crippen MR) is 164 cm³/mol. The topological polar surface area (TPSA) is 76.5 Å². The van der Waals surface area contributed by atoms with E-state index in [2.05, 4.69) is 23.2 Å². The number of aliphatic hydroxyl groups excluding tert-OH is 1. The number of nitrogens with zero attached hydrogens (tertiary/aromatic N) is 1. The van der Waals surface area contributed by atoms with Crippen LogP contribution in [0.5, 0.6) is 0 Å². The number of carbonyl (C=O) groups is 1. The predicted octanol–water partition coefficient (Wildman–Crippen LogP) is 10.0. The maximum Gasteiger partial charge on any atom is 0.162 e. The molecule has 0 bridgehead atoms. The molecule has 41 heavy (non-hydrogen) atoms. The number of aryl methyl sites for hydroxylation is 1. The van der Waals surface area contributed by atoms with Crippen LogP contribution in [0.4, 0.5) is 0 Å². The summed E-state index contributed by atoms with van der Waals surface area (Å²) in [6.07, 6.45) is 6.77. The number of allylic oxidation sites excluding steroid dienone is 2. The van der Waals surface area contributed by atoms with Crippen LogP contribution in [0.15, 0.2) is 75.4 Å².